The Morgan fingerprint density at radius 2 is 1.87 bits per heavy atom. The van der Waals surface area contributed by atoms with Crippen molar-refractivity contribution < 1.29 is 27.4 Å². The molecule has 0 bridgehead atoms. The second kappa shape index (κ2) is 9.61. The Kier molecular flexibility index (Phi) is 6.91. The molecule has 0 aliphatic carbocycles. The second-order valence-electron chi connectivity index (χ2n) is 6.63. The molecule has 6 nitrogen and oxygen atoms in total. The predicted octanol–water partition coefficient (Wildman–Crippen LogP) is 5.03. The summed E-state index contributed by atoms with van der Waals surface area (Å²) < 4.78 is 55.2. The van der Waals surface area contributed by atoms with Gasteiger partial charge >= 0.3 is 6.36 Å². The first kappa shape index (κ1) is 22.3. The number of ether oxygens (including phenoxy) is 1. The van der Waals surface area contributed by atoms with Crippen LogP contribution in [0.25, 0.3) is 11.3 Å². The summed E-state index contributed by atoms with van der Waals surface area (Å²) in [6.45, 7) is 2.00. The van der Waals surface area contributed by atoms with Gasteiger partial charge in [-0.1, -0.05) is 12.1 Å². The molecular weight excluding hydrogens is 416 g/mol. The molecule has 1 heterocycles. The number of nitrogens with one attached hydrogen (secondary N) is 2. The molecule has 0 aliphatic heterocycles. The third kappa shape index (κ3) is 6.54. The first-order valence-corrected chi connectivity index (χ1v) is 9.37. The lowest BCUT2D eigenvalue weighted by Crippen LogP contribution is -2.17. The Morgan fingerprint density at radius 1 is 1.06 bits per heavy atom. The second-order valence-corrected chi connectivity index (χ2v) is 6.63. The molecular formula is C21H20F4N4O2. The molecule has 0 saturated heterocycles. The fourth-order valence-electron chi connectivity index (χ4n) is 2.74. The molecule has 10 heteroatoms. The molecule has 164 valence electrons. The lowest BCUT2D eigenvalue weighted by molar-refractivity contribution is -0.274. The number of hydrogen-bond acceptors (Lipinski definition) is 6. The minimum Gasteiger partial charge on any atom is -0.406 e. The molecule has 3 rings (SSSR count). The van der Waals surface area contributed by atoms with Gasteiger partial charge in [-0.2, -0.15) is 4.98 Å². The maximum Gasteiger partial charge on any atom is 0.573 e. The van der Waals surface area contributed by atoms with E-state index in [0.29, 0.717) is 41.3 Å². The summed E-state index contributed by atoms with van der Waals surface area (Å²) in [5, 5.41) is 15.0. The van der Waals surface area contributed by atoms with Crippen LogP contribution in [0.5, 0.6) is 5.75 Å². The van der Waals surface area contributed by atoms with Crippen molar-refractivity contribution in [1.82, 2.24) is 9.97 Å². The smallest absolute Gasteiger partial charge is 0.406 e. The molecule has 0 unspecified atom stereocenters. The van der Waals surface area contributed by atoms with Gasteiger partial charge in [0.05, 0.1) is 5.69 Å². The Labute approximate surface area is 175 Å². The van der Waals surface area contributed by atoms with Crippen LogP contribution in [0, 0.1) is 12.7 Å². The fraction of sp³-hybridized carbons (Fsp3) is 0.238. The van der Waals surface area contributed by atoms with Crippen molar-refractivity contribution >= 4 is 17.5 Å². The molecule has 0 aliphatic rings. The standard InChI is InChI=1S/C21H20F4N4O2/c1-13-10-15(6-7-17(13)22)27-19-12-18(28-20(29-19)26-8-3-9-30)14-4-2-5-16(11-14)31-21(23,24)25/h2,4-7,10-12,30H,3,8-9H2,1H3,(H2,26,27,28,29). The molecule has 1 aromatic heterocycles. The van der Waals surface area contributed by atoms with Crippen LogP contribution < -0.4 is 15.4 Å². The monoisotopic (exact) mass is 436 g/mol. The van der Waals surface area contributed by atoms with E-state index >= 15 is 0 Å². The highest BCUT2D eigenvalue weighted by molar-refractivity contribution is 5.68. The van der Waals surface area contributed by atoms with Gasteiger partial charge in [-0.25, -0.2) is 9.37 Å². The van der Waals surface area contributed by atoms with E-state index in [2.05, 4.69) is 25.3 Å². The van der Waals surface area contributed by atoms with Crippen molar-refractivity contribution in [3.8, 4) is 17.0 Å². The van der Waals surface area contributed by atoms with E-state index in [-0.39, 0.29) is 24.1 Å². The summed E-state index contributed by atoms with van der Waals surface area (Å²) >= 11 is 0. The van der Waals surface area contributed by atoms with Crippen molar-refractivity contribution in [2.75, 3.05) is 23.8 Å². The van der Waals surface area contributed by atoms with E-state index in [9.17, 15) is 17.6 Å². The largest absolute Gasteiger partial charge is 0.573 e. The molecule has 31 heavy (non-hydrogen) atoms. The number of aliphatic hydroxyl groups excluding tert-OH is 1. The zero-order valence-electron chi connectivity index (χ0n) is 16.5. The fourth-order valence-corrected chi connectivity index (χ4v) is 2.74. The summed E-state index contributed by atoms with van der Waals surface area (Å²) in [4.78, 5) is 8.69. The minimum atomic E-state index is -4.81. The van der Waals surface area contributed by atoms with Gasteiger partial charge in [-0.3, -0.25) is 0 Å². The first-order chi connectivity index (χ1) is 14.7. The van der Waals surface area contributed by atoms with E-state index < -0.39 is 6.36 Å². The van der Waals surface area contributed by atoms with Gasteiger partial charge in [-0.15, -0.1) is 13.2 Å². The lowest BCUT2D eigenvalue weighted by Gasteiger charge is -2.13. The van der Waals surface area contributed by atoms with E-state index in [1.165, 1.54) is 24.3 Å². The minimum absolute atomic E-state index is 0.0243. The number of hydrogen-bond donors (Lipinski definition) is 3. The number of aromatic nitrogens is 2. The summed E-state index contributed by atoms with van der Waals surface area (Å²) in [6, 6.07) is 11.5. The van der Waals surface area contributed by atoms with Gasteiger partial charge in [0.15, 0.2) is 0 Å². The average Bonchev–Trinajstić information content (AvgIpc) is 2.70. The maximum atomic E-state index is 13.5. The molecule has 0 atom stereocenters. The third-order valence-corrected chi connectivity index (χ3v) is 4.14. The van der Waals surface area contributed by atoms with Gasteiger partial charge in [0, 0.05) is 30.5 Å². The number of nitrogens with zero attached hydrogens (tertiary/aromatic N) is 2. The number of benzene rings is 2. The summed E-state index contributed by atoms with van der Waals surface area (Å²) in [5.41, 5.74) is 1.75. The number of halogens is 4. The Hall–Kier alpha value is -3.40. The van der Waals surface area contributed by atoms with Crippen LogP contribution in [0.4, 0.5) is 35.0 Å². The summed E-state index contributed by atoms with van der Waals surface area (Å²) in [5.74, 6) is -0.150. The lowest BCUT2D eigenvalue weighted by atomic mass is 10.1. The van der Waals surface area contributed by atoms with Crippen LogP contribution in [0.1, 0.15) is 12.0 Å². The highest BCUT2D eigenvalue weighted by Crippen LogP contribution is 2.29. The SMILES string of the molecule is Cc1cc(Nc2cc(-c3cccc(OC(F)(F)F)c3)nc(NCCCO)n2)ccc1F. The van der Waals surface area contributed by atoms with Gasteiger partial charge in [0.25, 0.3) is 0 Å². The Bertz CT molecular complexity index is 1040. The van der Waals surface area contributed by atoms with Crippen molar-refractivity contribution in [3.05, 3.63) is 59.9 Å². The van der Waals surface area contributed by atoms with Gasteiger partial charge in [-0.05, 0) is 49.2 Å². The molecule has 0 spiro atoms. The van der Waals surface area contributed by atoms with Crippen LogP contribution in [0.2, 0.25) is 0 Å². The zero-order chi connectivity index (χ0) is 22.4. The van der Waals surface area contributed by atoms with Crippen LogP contribution in [0.15, 0.2) is 48.5 Å². The topological polar surface area (TPSA) is 79.3 Å². The van der Waals surface area contributed by atoms with E-state index in [4.69, 9.17) is 5.11 Å². The van der Waals surface area contributed by atoms with Crippen LogP contribution in [-0.4, -0.2) is 34.6 Å². The Morgan fingerprint density at radius 3 is 2.58 bits per heavy atom. The Balaban J connectivity index is 1.95. The molecule has 0 fully saturated rings. The first-order valence-electron chi connectivity index (χ1n) is 9.37. The quantitative estimate of drug-likeness (QED) is 0.340. The van der Waals surface area contributed by atoms with E-state index in [1.54, 1.807) is 31.2 Å². The molecule has 0 saturated carbocycles. The predicted molar refractivity (Wildman–Crippen MR) is 109 cm³/mol. The number of anilines is 3. The van der Waals surface area contributed by atoms with Crippen LogP contribution >= 0.6 is 0 Å². The van der Waals surface area contributed by atoms with E-state index in [1.807, 2.05) is 0 Å². The van der Waals surface area contributed by atoms with Crippen molar-refractivity contribution in [2.24, 2.45) is 0 Å². The van der Waals surface area contributed by atoms with Crippen molar-refractivity contribution in [1.29, 1.82) is 0 Å². The molecule has 3 N–H and O–H groups in total. The number of aliphatic hydroxyl groups is 1. The molecule has 3 aromatic rings. The van der Waals surface area contributed by atoms with Crippen molar-refractivity contribution in [2.45, 2.75) is 19.7 Å². The van der Waals surface area contributed by atoms with Crippen LogP contribution in [-0.2, 0) is 0 Å². The van der Waals surface area contributed by atoms with E-state index in [0.717, 1.165) is 0 Å². The number of rotatable bonds is 8. The molecule has 2 aromatic carbocycles. The normalized spacial score (nSPS) is 11.3. The van der Waals surface area contributed by atoms with Gasteiger partial charge in [0.2, 0.25) is 5.95 Å². The maximum absolute atomic E-state index is 13.5. The summed E-state index contributed by atoms with van der Waals surface area (Å²) in [7, 11) is 0. The van der Waals surface area contributed by atoms with Crippen LogP contribution in [0.3, 0.4) is 0 Å². The van der Waals surface area contributed by atoms with Gasteiger partial charge < -0.3 is 20.5 Å². The molecule has 0 amide bonds. The average molecular weight is 436 g/mol. The summed E-state index contributed by atoms with van der Waals surface area (Å²) in [6.07, 6.45) is -4.35. The zero-order valence-corrected chi connectivity index (χ0v) is 16.5. The third-order valence-electron chi connectivity index (χ3n) is 4.14. The highest BCUT2D eigenvalue weighted by Gasteiger charge is 2.31. The number of aryl methyl sites for hydroxylation is 1. The van der Waals surface area contributed by atoms with Gasteiger partial charge in [0.1, 0.15) is 17.4 Å². The highest BCUT2D eigenvalue weighted by atomic mass is 19.4. The van der Waals surface area contributed by atoms with Crippen molar-refractivity contribution in [3.63, 3.8) is 0 Å². The number of alkyl halides is 3. The molecule has 0 radical (unpaired) electrons.